The second-order valence-corrected chi connectivity index (χ2v) is 5.99. The molecule has 1 saturated heterocycles. The van der Waals surface area contributed by atoms with Crippen molar-refractivity contribution in [3.05, 3.63) is 17.5 Å². The van der Waals surface area contributed by atoms with Crippen molar-refractivity contribution in [1.82, 2.24) is 14.7 Å². The highest BCUT2D eigenvalue weighted by Gasteiger charge is 2.24. The van der Waals surface area contributed by atoms with E-state index in [1.807, 2.05) is 0 Å². The Labute approximate surface area is 119 Å². The van der Waals surface area contributed by atoms with Crippen LogP contribution in [-0.4, -0.2) is 32.6 Å². The summed E-state index contributed by atoms with van der Waals surface area (Å²) in [5, 5.41) is 5.67. The average Bonchev–Trinajstić information content (AvgIpc) is 2.95. The Kier molecular flexibility index (Phi) is 5.25. The SMILES string of the molecule is CCc1cc(CN2CCCC2CCCBr)n(C)n1. The molecule has 0 radical (unpaired) electrons. The van der Waals surface area contributed by atoms with E-state index in [9.17, 15) is 0 Å². The molecular weight excluding hydrogens is 290 g/mol. The van der Waals surface area contributed by atoms with Gasteiger partial charge in [-0.2, -0.15) is 5.10 Å². The summed E-state index contributed by atoms with van der Waals surface area (Å²) in [5.74, 6) is 0. The van der Waals surface area contributed by atoms with Crippen LogP contribution in [0.15, 0.2) is 6.07 Å². The molecule has 102 valence electrons. The molecule has 3 nitrogen and oxygen atoms in total. The number of aromatic nitrogens is 2. The summed E-state index contributed by atoms with van der Waals surface area (Å²) in [6, 6.07) is 3.04. The minimum Gasteiger partial charge on any atom is -0.295 e. The molecule has 1 aromatic rings. The van der Waals surface area contributed by atoms with Crippen molar-refractivity contribution in [3.8, 4) is 0 Å². The number of hydrogen-bond donors (Lipinski definition) is 0. The van der Waals surface area contributed by atoms with Crippen LogP contribution in [0.2, 0.25) is 0 Å². The number of hydrogen-bond acceptors (Lipinski definition) is 2. The van der Waals surface area contributed by atoms with Crippen molar-refractivity contribution in [2.24, 2.45) is 7.05 Å². The maximum Gasteiger partial charge on any atom is 0.0625 e. The third-order valence-corrected chi connectivity index (χ3v) is 4.49. The van der Waals surface area contributed by atoms with Crippen LogP contribution in [-0.2, 0) is 20.0 Å². The highest BCUT2D eigenvalue weighted by atomic mass is 79.9. The van der Waals surface area contributed by atoms with Gasteiger partial charge in [-0.1, -0.05) is 22.9 Å². The monoisotopic (exact) mass is 313 g/mol. The van der Waals surface area contributed by atoms with Crippen molar-refractivity contribution in [1.29, 1.82) is 0 Å². The van der Waals surface area contributed by atoms with Gasteiger partial charge >= 0.3 is 0 Å². The molecule has 1 aromatic heterocycles. The van der Waals surface area contributed by atoms with Crippen LogP contribution < -0.4 is 0 Å². The maximum atomic E-state index is 4.54. The van der Waals surface area contributed by atoms with Crippen LogP contribution in [0.3, 0.4) is 0 Å². The molecule has 2 rings (SSSR count). The molecule has 1 aliphatic rings. The van der Waals surface area contributed by atoms with E-state index in [1.165, 1.54) is 43.6 Å². The minimum atomic E-state index is 0.780. The first-order valence-corrected chi connectivity index (χ1v) is 8.18. The normalized spacial score (nSPS) is 20.7. The van der Waals surface area contributed by atoms with Crippen molar-refractivity contribution in [2.45, 2.75) is 51.6 Å². The van der Waals surface area contributed by atoms with Gasteiger partial charge in [0.1, 0.15) is 0 Å². The van der Waals surface area contributed by atoms with E-state index < -0.39 is 0 Å². The Bertz CT molecular complexity index is 375. The fraction of sp³-hybridized carbons (Fsp3) is 0.786. The Balaban J connectivity index is 1.96. The van der Waals surface area contributed by atoms with Gasteiger partial charge in [0.25, 0.3) is 0 Å². The van der Waals surface area contributed by atoms with Gasteiger partial charge in [-0.15, -0.1) is 0 Å². The number of aryl methyl sites for hydroxylation is 2. The molecule has 4 heteroatoms. The van der Waals surface area contributed by atoms with Gasteiger partial charge in [0.15, 0.2) is 0 Å². The van der Waals surface area contributed by atoms with Gasteiger partial charge in [-0.3, -0.25) is 9.58 Å². The van der Waals surface area contributed by atoms with Gasteiger partial charge < -0.3 is 0 Å². The summed E-state index contributed by atoms with van der Waals surface area (Å²) in [7, 11) is 2.07. The second-order valence-electron chi connectivity index (χ2n) is 5.20. The minimum absolute atomic E-state index is 0.780. The number of likely N-dealkylation sites (tertiary alicyclic amines) is 1. The second kappa shape index (κ2) is 6.71. The van der Waals surface area contributed by atoms with Gasteiger partial charge in [0, 0.05) is 25.0 Å². The van der Waals surface area contributed by atoms with Crippen LogP contribution in [0.25, 0.3) is 0 Å². The first kappa shape index (κ1) is 14.1. The standard InChI is InChI=1S/C14H24BrN3/c1-3-12-10-14(17(2)16-12)11-18-9-5-7-13(18)6-4-8-15/h10,13H,3-9,11H2,1-2H3. The third-order valence-electron chi connectivity index (χ3n) is 3.92. The Hall–Kier alpha value is -0.350. The maximum absolute atomic E-state index is 4.54. The lowest BCUT2D eigenvalue weighted by atomic mass is 10.1. The smallest absolute Gasteiger partial charge is 0.0625 e. The summed E-state index contributed by atoms with van der Waals surface area (Å²) in [6.07, 6.45) is 6.36. The molecule has 0 saturated carbocycles. The van der Waals surface area contributed by atoms with Crippen LogP contribution in [0.5, 0.6) is 0 Å². The number of nitrogens with zero attached hydrogens (tertiary/aromatic N) is 3. The molecule has 0 amide bonds. The zero-order chi connectivity index (χ0) is 13.0. The van der Waals surface area contributed by atoms with E-state index in [-0.39, 0.29) is 0 Å². The van der Waals surface area contributed by atoms with Crippen molar-refractivity contribution < 1.29 is 0 Å². The van der Waals surface area contributed by atoms with Gasteiger partial charge in [0.05, 0.1) is 11.4 Å². The fourth-order valence-corrected chi connectivity index (χ4v) is 3.17. The number of rotatable bonds is 6. The number of halogens is 1. The fourth-order valence-electron chi connectivity index (χ4n) is 2.84. The van der Waals surface area contributed by atoms with E-state index in [4.69, 9.17) is 0 Å². The zero-order valence-corrected chi connectivity index (χ0v) is 13.1. The number of alkyl halides is 1. The molecule has 1 aliphatic heterocycles. The highest BCUT2D eigenvalue weighted by molar-refractivity contribution is 9.09. The van der Waals surface area contributed by atoms with Crippen molar-refractivity contribution >= 4 is 15.9 Å². The molecule has 18 heavy (non-hydrogen) atoms. The molecular formula is C14H24BrN3. The van der Waals surface area contributed by atoms with E-state index in [2.05, 4.69) is 50.6 Å². The third kappa shape index (κ3) is 3.35. The zero-order valence-electron chi connectivity index (χ0n) is 11.5. The molecule has 1 unspecified atom stereocenters. The highest BCUT2D eigenvalue weighted by Crippen LogP contribution is 2.24. The molecule has 0 N–H and O–H groups in total. The first-order chi connectivity index (χ1) is 8.74. The van der Waals surface area contributed by atoms with E-state index >= 15 is 0 Å². The van der Waals surface area contributed by atoms with Crippen LogP contribution >= 0.6 is 15.9 Å². The van der Waals surface area contributed by atoms with Gasteiger partial charge in [0.2, 0.25) is 0 Å². The molecule has 0 spiro atoms. The topological polar surface area (TPSA) is 21.1 Å². The lowest BCUT2D eigenvalue weighted by Crippen LogP contribution is -2.29. The molecule has 0 bridgehead atoms. The molecule has 0 aromatic carbocycles. The predicted molar refractivity (Wildman–Crippen MR) is 79.0 cm³/mol. The summed E-state index contributed by atoms with van der Waals surface area (Å²) >= 11 is 3.54. The predicted octanol–water partition coefficient (Wildman–Crippen LogP) is 3.12. The summed E-state index contributed by atoms with van der Waals surface area (Å²) in [6.45, 7) is 4.48. The summed E-state index contributed by atoms with van der Waals surface area (Å²) < 4.78 is 2.05. The lowest BCUT2D eigenvalue weighted by Gasteiger charge is -2.24. The van der Waals surface area contributed by atoms with Crippen LogP contribution in [0.1, 0.15) is 44.0 Å². The first-order valence-electron chi connectivity index (χ1n) is 7.06. The van der Waals surface area contributed by atoms with E-state index in [0.717, 1.165) is 24.3 Å². The summed E-state index contributed by atoms with van der Waals surface area (Å²) in [4.78, 5) is 2.64. The van der Waals surface area contributed by atoms with Crippen molar-refractivity contribution in [3.63, 3.8) is 0 Å². The lowest BCUT2D eigenvalue weighted by molar-refractivity contribution is 0.228. The molecule has 2 heterocycles. The molecule has 1 atom stereocenters. The van der Waals surface area contributed by atoms with Crippen LogP contribution in [0.4, 0.5) is 0 Å². The largest absolute Gasteiger partial charge is 0.295 e. The molecule has 0 aliphatic carbocycles. The Morgan fingerprint density at radius 1 is 1.50 bits per heavy atom. The van der Waals surface area contributed by atoms with E-state index in [1.54, 1.807) is 0 Å². The Morgan fingerprint density at radius 3 is 3.00 bits per heavy atom. The van der Waals surface area contributed by atoms with E-state index in [0.29, 0.717) is 0 Å². The average molecular weight is 314 g/mol. The molecule has 1 fully saturated rings. The quantitative estimate of drug-likeness (QED) is 0.752. The van der Waals surface area contributed by atoms with Crippen molar-refractivity contribution in [2.75, 3.05) is 11.9 Å². The van der Waals surface area contributed by atoms with Gasteiger partial charge in [-0.05, 0) is 44.7 Å². The Morgan fingerprint density at radius 2 is 2.33 bits per heavy atom. The van der Waals surface area contributed by atoms with Crippen LogP contribution in [0, 0.1) is 0 Å². The van der Waals surface area contributed by atoms with Gasteiger partial charge in [-0.25, -0.2) is 0 Å². The summed E-state index contributed by atoms with van der Waals surface area (Å²) in [5.41, 5.74) is 2.57.